The number of aromatic amines is 1. The predicted octanol–water partition coefficient (Wildman–Crippen LogP) is 4.59. The van der Waals surface area contributed by atoms with Gasteiger partial charge in [0.1, 0.15) is 0 Å². The van der Waals surface area contributed by atoms with Crippen molar-refractivity contribution in [2.24, 2.45) is 5.14 Å². The zero-order valence-electron chi connectivity index (χ0n) is 18.3. The molecular formula is C25H22F3N3O3S. The van der Waals surface area contributed by atoms with E-state index in [1.54, 1.807) is 36.4 Å². The molecule has 1 aromatic heterocycles. The van der Waals surface area contributed by atoms with Crippen LogP contribution in [0, 0.1) is 0 Å². The highest BCUT2D eigenvalue weighted by molar-refractivity contribution is 7.89. The number of Topliss-reactive ketones (excluding diaryl/α,β-unsaturated/α-hetero) is 1. The Bertz CT molecular complexity index is 1450. The van der Waals surface area contributed by atoms with E-state index in [1.807, 2.05) is 6.07 Å². The van der Waals surface area contributed by atoms with Gasteiger partial charge in [0.05, 0.1) is 16.5 Å². The van der Waals surface area contributed by atoms with Gasteiger partial charge in [-0.25, -0.2) is 13.6 Å². The van der Waals surface area contributed by atoms with Crippen molar-refractivity contribution in [3.8, 4) is 0 Å². The summed E-state index contributed by atoms with van der Waals surface area (Å²) < 4.78 is 62.0. The molecule has 0 saturated heterocycles. The third kappa shape index (κ3) is 5.61. The molecule has 1 atom stereocenters. The van der Waals surface area contributed by atoms with Crippen LogP contribution in [0.25, 0.3) is 10.9 Å². The van der Waals surface area contributed by atoms with Crippen LogP contribution in [0.5, 0.6) is 0 Å². The molecule has 0 fully saturated rings. The Morgan fingerprint density at radius 2 is 1.69 bits per heavy atom. The third-order valence-corrected chi connectivity index (χ3v) is 6.61. The largest absolute Gasteiger partial charge is 0.416 e. The Balaban J connectivity index is 1.56. The minimum absolute atomic E-state index is 0.0135. The fourth-order valence-electron chi connectivity index (χ4n) is 3.88. The zero-order chi connectivity index (χ0) is 25.2. The van der Waals surface area contributed by atoms with Crippen LogP contribution in [-0.2, 0) is 22.6 Å². The monoisotopic (exact) mass is 501 g/mol. The number of nitrogens with one attached hydrogen (secondary N) is 2. The van der Waals surface area contributed by atoms with Crippen molar-refractivity contribution in [1.29, 1.82) is 0 Å². The maximum Gasteiger partial charge on any atom is 0.416 e. The highest BCUT2D eigenvalue weighted by atomic mass is 32.2. The van der Waals surface area contributed by atoms with Gasteiger partial charge >= 0.3 is 6.18 Å². The van der Waals surface area contributed by atoms with Crippen LogP contribution in [0.15, 0.2) is 83.9 Å². The molecule has 3 aromatic carbocycles. The van der Waals surface area contributed by atoms with Crippen molar-refractivity contribution < 1.29 is 26.4 Å². The average molecular weight is 502 g/mol. The van der Waals surface area contributed by atoms with Gasteiger partial charge < -0.3 is 10.3 Å². The van der Waals surface area contributed by atoms with E-state index in [0.29, 0.717) is 23.9 Å². The van der Waals surface area contributed by atoms with Gasteiger partial charge in [-0.1, -0.05) is 48.5 Å². The normalized spacial score (nSPS) is 13.1. The molecule has 6 nitrogen and oxygen atoms in total. The van der Waals surface area contributed by atoms with Crippen LogP contribution in [0.1, 0.15) is 33.1 Å². The van der Waals surface area contributed by atoms with Gasteiger partial charge in [0.2, 0.25) is 10.0 Å². The first-order valence-electron chi connectivity index (χ1n) is 10.7. The van der Waals surface area contributed by atoms with E-state index < -0.39 is 27.8 Å². The first kappa shape index (κ1) is 24.6. The lowest BCUT2D eigenvalue weighted by atomic mass is 9.96. The van der Waals surface area contributed by atoms with E-state index >= 15 is 0 Å². The SMILES string of the molecule is NS(=O)(=O)c1ccc(CCN[C@@H](C(=O)c2c[nH]c3cc(C(F)(F)F)ccc23)c2ccccc2)cc1. The second-order valence-corrected chi connectivity index (χ2v) is 9.62. The minimum atomic E-state index is -4.48. The van der Waals surface area contributed by atoms with Gasteiger partial charge in [-0.05, 0) is 41.8 Å². The number of fused-ring (bicyclic) bond motifs is 1. The number of primary sulfonamides is 1. The molecule has 4 N–H and O–H groups in total. The lowest BCUT2D eigenvalue weighted by Crippen LogP contribution is -2.30. The van der Waals surface area contributed by atoms with E-state index in [2.05, 4.69) is 10.3 Å². The molecule has 4 aromatic rings. The van der Waals surface area contributed by atoms with E-state index in [9.17, 15) is 26.4 Å². The van der Waals surface area contributed by atoms with Crippen LogP contribution in [0.2, 0.25) is 0 Å². The minimum Gasteiger partial charge on any atom is -0.360 e. The fourth-order valence-corrected chi connectivity index (χ4v) is 4.39. The Labute approximate surface area is 200 Å². The average Bonchev–Trinajstić information content (AvgIpc) is 3.25. The number of hydrogen-bond acceptors (Lipinski definition) is 4. The smallest absolute Gasteiger partial charge is 0.360 e. The summed E-state index contributed by atoms with van der Waals surface area (Å²) in [5.74, 6) is -0.285. The van der Waals surface area contributed by atoms with Crippen LogP contribution in [0.4, 0.5) is 13.2 Å². The van der Waals surface area contributed by atoms with Crippen LogP contribution >= 0.6 is 0 Å². The van der Waals surface area contributed by atoms with Crippen molar-refractivity contribution in [3.63, 3.8) is 0 Å². The second kappa shape index (κ2) is 9.65. The molecule has 0 aliphatic heterocycles. The molecule has 0 radical (unpaired) electrons. The van der Waals surface area contributed by atoms with Crippen LogP contribution in [0.3, 0.4) is 0 Å². The molecule has 35 heavy (non-hydrogen) atoms. The van der Waals surface area contributed by atoms with Crippen LogP contribution < -0.4 is 10.5 Å². The molecule has 0 aliphatic rings. The van der Waals surface area contributed by atoms with Gasteiger partial charge in [0, 0.05) is 29.2 Å². The first-order valence-corrected chi connectivity index (χ1v) is 12.2. The number of alkyl halides is 3. The summed E-state index contributed by atoms with van der Waals surface area (Å²) in [6, 6.07) is 17.7. The number of halogens is 3. The summed E-state index contributed by atoms with van der Waals surface area (Å²) >= 11 is 0. The first-order chi connectivity index (χ1) is 16.5. The lowest BCUT2D eigenvalue weighted by molar-refractivity contribution is -0.137. The second-order valence-electron chi connectivity index (χ2n) is 8.06. The van der Waals surface area contributed by atoms with Crippen molar-refractivity contribution in [2.45, 2.75) is 23.5 Å². The number of hydrogen-bond donors (Lipinski definition) is 3. The molecule has 10 heteroatoms. The van der Waals surface area contributed by atoms with Gasteiger partial charge in [-0.2, -0.15) is 13.2 Å². The number of rotatable bonds is 8. The molecule has 0 unspecified atom stereocenters. The van der Waals surface area contributed by atoms with E-state index in [-0.39, 0.29) is 21.8 Å². The number of ketones is 1. The Kier molecular flexibility index (Phi) is 6.79. The highest BCUT2D eigenvalue weighted by Crippen LogP contribution is 2.33. The number of carbonyl (C=O) groups excluding carboxylic acids is 1. The van der Waals surface area contributed by atoms with Gasteiger partial charge in [0.15, 0.2) is 5.78 Å². The fraction of sp³-hybridized carbons (Fsp3) is 0.160. The van der Waals surface area contributed by atoms with Gasteiger partial charge in [-0.3, -0.25) is 4.79 Å². The number of aromatic nitrogens is 1. The van der Waals surface area contributed by atoms with Gasteiger partial charge in [0.25, 0.3) is 0 Å². The van der Waals surface area contributed by atoms with E-state index in [4.69, 9.17) is 5.14 Å². The molecule has 0 aliphatic carbocycles. The zero-order valence-corrected chi connectivity index (χ0v) is 19.2. The van der Waals surface area contributed by atoms with Crippen molar-refractivity contribution in [1.82, 2.24) is 10.3 Å². The molecule has 4 rings (SSSR count). The molecule has 0 bridgehead atoms. The quantitative estimate of drug-likeness (QED) is 0.307. The number of sulfonamides is 1. The number of benzene rings is 3. The standard InChI is InChI=1S/C25H22F3N3O3S/c26-25(27,28)18-8-11-20-21(15-31-22(20)14-18)24(32)23(17-4-2-1-3-5-17)30-13-12-16-6-9-19(10-7-16)35(29,33)34/h1-11,14-15,23,30-31H,12-13H2,(H2,29,33,34)/t23-/m1/s1. The Morgan fingerprint density at radius 1 is 1.00 bits per heavy atom. The maximum atomic E-state index is 13.5. The number of nitrogens with two attached hydrogens (primary N) is 1. The summed E-state index contributed by atoms with van der Waals surface area (Å²) in [5, 5.41) is 8.76. The Hall–Kier alpha value is -3.47. The molecular weight excluding hydrogens is 479 g/mol. The third-order valence-electron chi connectivity index (χ3n) is 5.68. The molecule has 0 amide bonds. The summed E-state index contributed by atoms with van der Waals surface area (Å²) in [6.07, 6.45) is -2.55. The molecule has 0 spiro atoms. The number of H-pyrrole nitrogens is 1. The topological polar surface area (TPSA) is 105 Å². The number of carbonyl (C=O) groups is 1. The summed E-state index contributed by atoms with van der Waals surface area (Å²) in [6.45, 7) is 0.389. The van der Waals surface area contributed by atoms with Crippen molar-refractivity contribution >= 4 is 26.7 Å². The summed E-state index contributed by atoms with van der Waals surface area (Å²) in [7, 11) is -3.78. The van der Waals surface area contributed by atoms with E-state index in [1.165, 1.54) is 24.4 Å². The molecule has 0 saturated carbocycles. The molecule has 1 heterocycles. The predicted molar refractivity (Wildman–Crippen MR) is 126 cm³/mol. The Morgan fingerprint density at radius 3 is 2.31 bits per heavy atom. The van der Waals surface area contributed by atoms with E-state index in [0.717, 1.165) is 17.7 Å². The maximum absolute atomic E-state index is 13.5. The summed E-state index contributed by atoms with van der Waals surface area (Å²) in [5.41, 5.74) is 1.27. The molecule has 182 valence electrons. The van der Waals surface area contributed by atoms with Gasteiger partial charge in [-0.15, -0.1) is 0 Å². The lowest BCUT2D eigenvalue weighted by Gasteiger charge is -2.18. The van der Waals surface area contributed by atoms with Crippen molar-refractivity contribution in [3.05, 3.63) is 101 Å². The van der Waals surface area contributed by atoms with Crippen LogP contribution in [-0.4, -0.2) is 25.7 Å². The summed E-state index contributed by atoms with van der Waals surface area (Å²) in [4.78, 5) is 16.3. The highest BCUT2D eigenvalue weighted by Gasteiger charge is 2.31. The van der Waals surface area contributed by atoms with Crippen molar-refractivity contribution in [2.75, 3.05) is 6.54 Å².